The fourth-order valence-corrected chi connectivity index (χ4v) is 4.02. The number of rotatable bonds is 4. The van der Waals surface area contributed by atoms with Crippen LogP contribution in [-0.2, 0) is 0 Å². The highest BCUT2D eigenvalue weighted by atomic mass is 15.4. The first-order valence-electron chi connectivity index (χ1n) is 9.89. The molecule has 146 valence electrons. The SMILES string of the molecule is CC[C@@H]1c2nncn2-c2cnc(-n3ccnc3-c3ccccc3)nc2N1C1=CC=C1. The molecule has 1 atom stereocenters. The average Bonchev–Trinajstić information content (AvgIpc) is 3.43. The molecule has 0 fully saturated rings. The molecule has 30 heavy (non-hydrogen) atoms. The van der Waals surface area contributed by atoms with E-state index in [1.807, 2.05) is 57.9 Å². The van der Waals surface area contributed by atoms with E-state index in [4.69, 9.17) is 4.98 Å². The summed E-state index contributed by atoms with van der Waals surface area (Å²) in [6, 6.07) is 10.1. The van der Waals surface area contributed by atoms with Gasteiger partial charge in [-0.25, -0.2) is 9.97 Å². The van der Waals surface area contributed by atoms with E-state index in [2.05, 4.69) is 44.1 Å². The number of hydrogen-bond donors (Lipinski definition) is 0. The summed E-state index contributed by atoms with van der Waals surface area (Å²) >= 11 is 0. The highest BCUT2D eigenvalue weighted by molar-refractivity contribution is 5.68. The van der Waals surface area contributed by atoms with Crippen LogP contribution in [0.1, 0.15) is 25.2 Å². The fourth-order valence-electron chi connectivity index (χ4n) is 4.02. The van der Waals surface area contributed by atoms with Crippen molar-refractivity contribution in [3.05, 3.63) is 85.0 Å². The van der Waals surface area contributed by atoms with Crippen LogP contribution in [0.25, 0.3) is 23.0 Å². The molecule has 3 aromatic heterocycles. The van der Waals surface area contributed by atoms with E-state index >= 15 is 0 Å². The van der Waals surface area contributed by atoms with Crippen molar-refractivity contribution in [2.75, 3.05) is 4.90 Å². The second-order valence-corrected chi connectivity index (χ2v) is 7.17. The summed E-state index contributed by atoms with van der Waals surface area (Å²) in [5, 5.41) is 8.52. The third-order valence-corrected chi connectivity index (χ3v) is 5.50. The van der Waals surface area contributed by atoms with Gasteiger partial charge in [-0.3, -0.25) is 9.13 Å². The maximum atomic E-state index is 4.99. The highest BCUT2D eigenvalue weighted by Gasteiger charge is 2.35. The van der Waals surface area contributed by atoms with E-state index in [1.54, 1.807) is 12.5 Å². The normalized spacial score (nSPS) is 16.6. The van der Waals surface area contributed by atoms with Gasteiger partial charge in [0.2, 0.25) is 5.95 Å². The number of hydrogen-bond acceptors (Lipinski definition) is 6. The van der Waals surface area contributed by atoms with Crippen LogP contribution in [0.15, 0.2) is 79.2 Å². The summed E-state index contributed by atoms with van der Waals surface area (Å²) in [4.78, 5) is 16.4. The van der Waals surface area contributed by atoms with Crippen LogP contribution >= 0.6 is 0 Å². The molecule has 4 heterocycles. The summed E-state index contributed by atoms with van der Waals surface area (Å²) in [5.41, 5.74) is 2.99. The molecule has 4 aromatic rings. The first kappa shape index (κ1) is 16.8. The Morgan fingerprint density at radius 3 is 2.70 bits per heavy atom. The van der Waals surface area contributed by atoms with Gasteiger partial charge >= 0.3 is 0 Å². The van der Waals surface area contributed by atoms with E-state index in [1.165, 1.54) is 0 Å². The van der Waals surface area contributed by atoms with Crippen LogP contribution in [0, 0.1) is 0 Å². The molecule has 1 aliphatic heterocycles. The van der Waals surface area contributed by atoms with Crippen molar-refractivity contribution >= 4 is 5.82 Å². The topological polar surface area (TPSA) is 77.5 Å². The molecule has 1 aliphatic carbocycles. The minimum absolute atomic E-state index is 0.0512. The lowest BCUT2D eigenvalue weighted by Gasteiger charge is -2.38. The van der Waals surface area contributed by atoms with Gasteiger partial charge in [0, 0.05) is 23.7 Å². The quantitative estimate of drug-likeness (QED) is 0.526. The minimum Gasteiger partial charge on any atom is -0.314 e. The van der Waals surface area contributed by atoms with Crippen molar-refractivity contribution < 1.29 is 0 Å². The monoisotopic (exact) mass is 394 g/mol. The van der Waals surface area contributed by atoms with E-state index < -0.39 is 0 Å². The van der Waals surface area contributed by atoms with Gasteiger partial charge in [0.25, 0.3) is 0 Å². The summed E-state index contributed by atoms with van der Waals surface area (Å²) in [6.07, 6.45) is 14.3. The Hall–Kier alpha value is -4.07. The van der Waals surface area contributed by atoms with Gasteiger partial charge in [-0.15, -0.1) is 10.2 Å². The summed E-state index contributed by atoms with van der Waals surface area (Å²) < 4.78 is 3.90. The molecule has 0 unspecified atom stereocenters. The zero-order valence-electron chi connectivity index (χ0n) is 16.3. The summed E-state index contributed by atoms with van der Waals surface area (Å²) in [7, 11) is 0. The molecule has 0 amide bonds. The number of imidazole rings is 1. The Morgan fingerprint density at radius 2 is 1.93 bits per heavy atom. The first-order chi connectivity index (χ1) is 14.8. The zero-order valence-corrected chi connectivity index (χ0v) is 16.3. The maximum Gasteiger partial charge on any atom is 0.237 e. The second-order valence-electron chi connectivity index (χ2n) is 7.17. The predicted octanol–water partition coefficient (Wildman–Crippen LogP) is 3.63. The largest absolute Gasteiger partial charge is 0.314 e. The molecule has 6 rings (SSSR count). The van der Waals surface area contributed by atoms with Crippen molar-refractivity contribution in [2.24, 2.45) is 0 Å². The molecule has 1 aromatic carbocycles. The summed E-state index contributed by atoms with van der Waals surface area (Å²) in [6.45, 7) is 2.15. The number of allylic oxidation sites excluding steroid dienone is 3. The highest BCUT2D eigenvalue weighted by Crippen LogP contribution is 2.41. The molecule has 0 saturated carbocycles. The van der Waals surface area contributed by atoms with Gasteiger partial charge in [-0.1, -0.05) is 43.3 Å². The molecule has 0 bridgehead atoms. The van der Waals surface area contributed by atoms with E-state index in [0.717, 1.165) is 40.8 Å². The van der Waals surface area contributed by atoms with Gasteiger partial charge in [-0.05, 0) is 18.6 Å². The van der Waals surface area contributed by atoms with Gasteiger partial charge in [0.05, 0.1) is 12.2 Å². The van der Waals surface area contributed by atoms with E-state index in [0.29, 0.717) is 5.95 Å². The van der Waals surface area contributed by atoms with Crippen LogP contribution in [0.2, 0.25) is 0 Å². The predicted molar refractivity (Wildman–Crippen MR) is 112 cm³/mol. The number of fused-ring (bicyclic) bond motifs is 3. The molecule has 0 spiro atoms. The molecule has 0 radical (unpaired) electrons. The fraction of sp³-hybridized carbons (Fsp3) is 0.136. The van der Waals surface area contributed by atoms with Crippen LogP contribution in [-0.4, -0.2) is 34.3 Å². The molecular weight excluding hydrogens is 376 g/mol. The smallest absolute Gasteiger partial charge is 0.237 e. The third-order valence-electron chi connectivity index (χ3n) is 5.50. The third kappa shape index (κ3) is 2.37. The van der Waals surface area contributed by atoms with E-state index in [9.17, 15) is 0 Å². The Labute approximate surface area is 172 Å². The molecular formula is C22H18N8. The van der Waals surface area contributed by atoms with Crippen molar-refractivity contribution in [2.45, 2.75) is 19.4 Å². The van der Waals surface area contributed by atoms with Crippen LogP contribution in [0.4, 0.5) is 5.82 Å². The molecule has 0 N–H and O–H groups in total. The van der Waals surface area contributed by atoms with Gasteiger partial charge < -0.3 is 4.90 Å². The maximum absolute atomic E-state index is 4.99. The average molecular weight is 394 g/mol. The molecule has 2 aliphatic rings. The Kier molecular flexibility index (Phi) is 3.64. The second kappa shape index (κ2) is 6.48. The van der Waals surface area contributed by atoms with Crippen LogP contribution in [0.5, 0.6) is 0 Å². The summed E-state index contributed by atoms with van der Waals surface area (Å²) in [5.74, 6) is 3.11. The van der Waals surface area contributed by atoms with Crippen molar-refractivity contribution in [1.29, 1.82) is 0 Å². The van der Waals surface area contributed by atoms with Gasteiger partial charge in [0.1, 0.15) is 17.8 Å². The Bertz CT molecular complexity index is 1300. The van der Waals surface area contributed by atoms with Gasteiger partial charge in [-0.2, -0.15) is 4.98 Å². The number of aromatic nitrogens is 7. The Balaban J connectivity index is 1.53. The van der Waals surface area contributed by atoms with Crippen molar-refractivity contribution in [1.82, 2.24) is 34.3 Å². The first-order valence-corrected chi connectivity index (χ1v) is 9.89. The molecule has 8 nitrogen and oxygen atoms in total. The lowest BCUT2D eigenvalue weighted by Crippen LogP contribution is -2.35. The van der Waals surface area contributed by atoms with E-state index in [-0.39, 0.29) is 6.04 Å². The number of nitrogens with zero attached hydrogens (tertiary/aromatic N) is 8. The van der Waals surface area contributed by atoms with Crippen molar-refractivity contribution in [3.63, 3.8) is 0 Å². The number of anilines is 1. The zero-order chi connectivity index (χ0) is 20.1. The van der Waals surface area contributed by atoms with Gasteiger partial charge in [0.15, 0.2) is 11.6 Å². The lowest BCUT2D eigenvalue weighted by molar-refractivity contribution is 0.574. The number of benzene rings is 1. The lowest BCUT2D eigenvalue weighted by atomic mass is 10.1. The van der Waals surface area contributed by atoms with Crippen LogP contribution < -0.4 is 4.90 Å². The van der Waals surface area contributed by atoms with Crippen molar-refractivity contribution in [3.8, 4) is 23.0 Å². The minimum atomic E-state index is 0.0512. The molecule has 8 heteroatoms. The van der Waals surface area contributed by atoms with Crippen LogP contribution in [0.3, 0.4) is 0 Å². The Morgan fingerprint density at radius 1 is 1.07 bits per heavy atom. The standard InChI is InChI=1S/C22H18N8/c1-2-17-21-27-25-14-29(21)18-13-24-22(26-20(18)30(17)16-9-6-10-16)28-12-11-23-19(28)15-7-4-3-5-8-15/h3-14,17H,2H2,1H3/t17-/m1/s1. The molecule has 0 saturated heterocycles.